The number of fused-ring (bicyclic) bond motifs is 1. The topological polar surface area (TPSA) is 3.24 Å². The lowest BCUT2D eigenvalue weighted by Crippen LogP contribution is -2.10. The minimum atomic E-state index is 1.08. The Hall–Kier alpha value is -7.74. The van der Waals surface area contributed by atoms with Crippen molar-refractivity contribution in [3.05, 3.63) is 249 Å². The van der Waals surface area contributed by atoms with E-state index >= 15 is 0 Å². The van der Waals surface area contributed by atoms with Crippen molar-refractivity contribution in [2.75, 3.05) is 4.90 Å². The van der Waals surface area contributed by atoms with Crippen LogP contribution in [-0.4, -0.2) is 0 Å². The molecular weight excluding hydrogens is 711 g/mol. The van der Waals surface area contributed by atoms with Gasteiger partial charge >= 0.3 is 0 Å². The van der Waals surface area contributed by atoms with Crippen LogP contribution < -0.4 is 4.90 Å². The van der Waals surface area contributed by atoms with E-state index in [4.69, 9.17) is 0 Å². The Morgan fingerprint density at radius 2 is 0.627 bits per heavy atom. The SMILES string of the molecule is c1ccc(-c2ccc(N(c3cccc(-c4ccc5ccccc5c4)c3)c3cccc(-c4cccc(-c5ccccc5)c4-c4ccccc4-c4ccccc4)c3)cc2)cc1. The van der Waals surface area contributed by atoms with Crippen molar-refractivity contribution in [3.8, 4) is 66.8 Å². The monoisotopic (exact) mass is 751 g/mol. The van der Waals surface area contributed by atoms with Gasteiger partial charge in [0.15, 0.2) is 0 Å². The Balaban J connectivity index is 1.15. The van der Waals surface area contributed by atoms with Gasteiger partial charge in [0.05, 0.1) is 0 Å². The smallest absolute Gasteiger partial charge is 0.0467 e. The van der Waals surface area contributed by atoms with E-state index in [9.17, 15) is 0 Å². The molecule has 1 nitrogen and oxygen atoms in total. The van der Waals surface area contributed by atoms with Crippen LogP contribution in [0.2, 0.25) is 0 Å². The van der Waals surface area contributed by atoms with Crippen LogP contribution in [0.1, 0.15) is 0 Å². The summed E-state index contributed by atoms with van der Waals surface area (Å²) in [7, 11) is 0. The fraction of sp³-hybridized carbons (Fsp3) is 0. The fourth-order valence-corrected chi connectivity index (χ4v) is 8.40. The standard InChI is InChI=1S/C58H41N/c1-4-17-42(18-5-1)44-35-37-51(38-36-44)59(52-27-14-25-48(40-52)49-34-33-43-19-10-11-24-47(43)39-49)53-28-15-26-50(41-53)56-32-16-31-55(46-22-8-3-9-23-46)58(56)57-30-13-12-29-54(57)45-20-6-2-7-21-45/h1-41H. The molecule has 59 heavy (non-hydrogen) atoms. The molecule has 1 heteroatoms. The van der Waals surface area contributed by atoms with E-state index in [1.54, 1.807) is 0 Å². The van der Waals surface area contributed by atoms with Crippen LogP contribution in [0.3, 0.4) is 0 Å². The Labute approximate surface area is 346 Å². The normalized spacial score (nSPS) is 11.1. The second kappa shape index (κ2) is 16.0. The zero-order valence-electron chi connectivity index (χ0n) is 32.6. The van der Waals surface area contributed by atoms with Gasteiger partial charge in [-0.25, -0.2) is 0 Å². The molecular formula is C58H41N. The summed E-state index contributed by atoms with van der Waals surface area (Å²) in [6.45, 7) is 0. The summed E-state index contributed by atoms with van der Waals surface area (Å²) in [6, 6.07) is 89.9. The molecule has 10 aromatic rings. The number of nitrogens with zero attached hydrogens (tertiary/aromatic N) is 1. The zero-order valence-corrected chi connectivity index (χ0v) is 32.6. The van der Waals surface area contributed by atoms with Crippen molar-refractivity contribution < 1.29 is 0 Å². The van der Waals surface area contributed by atoms with E-state index in [2.05, 4.69) is 254 Å². The minimum Gasteiger partial charge on any atom is -0.310 e. The highest BCUT2D eigenvalue weighted by Gasteiger charge is 2.20. The minimum absolute atomic E-state index is 1.08. The van der Waals surface area contributed by atoms with Crippen LogP contribution in [-0.2, 0) is 0 Å². The molecule has 0 heterocycles. The largest absolute Gasteiger partial charge is 0.310 e. The van der Waals surface area contributed by atoms with Crippen molar-refractivity contribution >= 4 is 27.8 Å². The maximum atomic E-state index is 2.39. The average molecular weight is 752 g/mol. The third kappa shape index (κ3) is 7.23. The number of rotatable bonds is 9. The molecule has 0 unspecified atom stereocenters. The summed E-state index contributed by atoms with van der Waals surface area (Å²) in [6.07, 6.45) is 0. The van der Waals surface area contributed by atoms with E-state index in [1.165, 1.54) is 72.0 Å². The first kappa shape index (κ1) is 35.7. The van der Waals surface area contributed by atoms with E-state index < -0.39 is 0 Å². The van der Waals surface area contributed by atoms with Crippen molar-refractivity contribution in [1.29, 1.82) is 0 Å². The van der Waals surface area contributed by atoms with Crippen molar-refractivity contribution in [2.24, 2.45) is 0 Å². The van der Waals surface area contributed by atoms with Crippen LogP contribution >= 0.6 is 0 Å². The molecule has 0 saturated heterocycles. The summed E-state index contributed by atoms with van der Waals surface area (Å²) in [4.78, 5) is 2.39. The van der Waals surface area contributed by atoms with Gasteiger partial charge in [0.25, 0.3) is 0 Å². The van der Waals surface area contributed by atoms with Gasteiger partial charge in [0.1, 0.15) is 0 Å². The van der Waals surface area contributed by atoms with E-state index in [0.29, 0.717) is 0 Å². The molecule has 10 aromatic carbocycles. The van der Waals surface area contributed by atoms with Gasteiger partial charge in [-0.2, -0.15) is 0 Å². The second-order valence-corrected chi connectivity index (χ2v) is 14.9. The Morgan fingerprint density at radius 1 is 0.203 bits per heavy atom. The van der Waals surface area contributed by atoms with Crippen LogP contribution in [0, 0.1) is 0 Å². The highest BCUT2D eigenvalue weighted by atomic mass is 15.1. The molecule has 10 rings (SSSR count). The molecule has 0 N–H and O–H groups in total. The molecule has 0 fully saturated rings. The second-order valence-electron chi connectivity index (χ2n) is 14.9. The molecule has 0 spiro atoms. The van der Waals surface area contributed by atoms with Gasteiger partial charge in [-0.05, 0) is 120 Å². The third-order valence-corrected chi connectivity index (χ3v) is 11.3. The van der Waals surface area contributed by atoms with Crippen LogP contribution in [0.4, 0.5) is 17.1 Å². The average Bonchev–Trinajstić information content (AvgIpc) is 3.32. The summed E-state index contributed by atoms with van der Waals surface area (Å²) >= 11 is 0. The first-order valence-electron chi connectivity index (χ1n) is 20.3. The van der Waals surface area contributed by atoms with Crippen molar-refractivity contribution in [1.82, 2.24) is 0 Å². The molecule has 0 bridgehead atoms. The Bertz CT molecular complexity index is 3020. The number of hydrogen-bond donors (Lipinski definition) is 0. The molecule has 0 saturated carbocycles. The maximum absolute atomic E-state index is 2.39. The predicted octanol–water partition coefficient (Wildman–Crippen LogP) is 16.3. The molecule has 0 aliphatic heterocycles. The van der Waals surface area contributed by atoms with Crippen molar-refractivity contribution in [3.63, 3.8) is 0 Å². The highest BCUT2D eigenvalue weighted by molar-refractivity contribution is 6.00. The Morgan fingerprint density at radius 3 is 1.31 bits per heavy atom. The Kier molecular flexibility index (Phi) is 9.68. The summed E-state index contributed by atoms with van der Waals surface area (Å²) in [5.41, 5.74) is 17.6. The molecule has 278 valence electrons. The van der Waals surface area contributed by atoms with Crippen molar-refractivity contribution in [2.45, 2.75) is 0 Å². The fourth-order valence-electron chi connectivity index (χ4n) is 8.40. The number of hydrogen-bond acceptors (Lipinski definition) is 1. The van der Waals surface area contributed by atoms with Gasteiger partial charge in [-0.15, -0.1) is 0 Å². The maximum Gasteiger partial charge on any atom is 0.0467 e. The molecule has 0 aromatic heterocycles. The van der Waals surface area contributed by atoms with E-state index in [0.717, 1.165) is 22.6 Å². The van der Waals surface area contributed by atoms with Crippen LogP contribution in [0.5, 0.6) is 0 Å². The van der Waals surface area contributed by atoms with Gasteiger partial charge in [0.2, 0.25) is 0 Å². The first-order valence-corrected chi connectivity index (χ1v) is 20.3. The van der Waals surface area contributed by atoms with Gasteiger partial charge in [-0.1, -0.05) is 206 Å². The lowest BCUT2D eigenvalue weighted by molar-refractivity contribution is 1.28. The lowest BCUT2D eigenvalue weighted by Gasteiger charge is -2.27. The summed E-state index contributed by atoms with van der Waals surface area (Å²) < 4.78 is 0. The molecule has 0 radical (unpaired) electrons. The lowest BCUT2D eigenvalue weighted by atomic mass is 9.84. The summed E-state index contributed by atoms with van der Waals surface area (Å²) in [5, 5.41) is 2.48. The van der Waals surface area contributed by atoms with E-state index in [1.807, 2.05) is 0 Å². The third-order valence-electron chi connectivity index (χ3n) is 11.3. The van der Waals surface area contributed by atoms with Gasteiger partial charge in [0, 0.05) is 17.1 Å². The van der Waals surface area contributed by atoms with Gasteiger partial charge < -0.3 is 4.90 Å². The van der Waals surface area contributed by atoms with E-state index in [-0.39, 0.29) is 0 Å². The van der Waals surface area contributed by atoms with Gasteiger partial charge in [-0.3, -0.25) is 0 Å². The molecule has 0 atom stereocenters. The van der Waals surface area contributed by atoms with Crippen LogP contribution in [0.25, 0.3) is 77.5 Å². The number of anilines is 3. The quantitative estimate of drug-likeness (QED) is 0.142. The predicted molar refractivity (Wildman–Crippen MR) is 251 cm³/mol. The number of benzene rings is 10. The highest BCUT2D eigenvalue weighted by Crippen LogP contribution is 2.46. The molecule has 0 aliphatic carbocycles. The van der Waals surface area contributed by atoms with Crippen LogP contribution in [0.15, 0.2) is 249 Å². The molecule has 0 aliphatic rings. The summed E-state index contributed by atoms with van der Waals surface area (Å²) in [5.74, 6) is 0. The molecule has 0 amide bonds. The first-order chi connectivity index (χ1) is 29.3. The zero-order chi connectivity index (χ0) is 39.4.